The Morgan fingerprint density at radius 3 is 2.23 bits per heavy atom. The van der Waals surface area contributed by atoms with Crippen LogP contribution >= 0.6 is 0 Å². The average molecular weight is 422 g/mol. The predicted octanol–water partition coefficient (Wildman–Crippen LogP) is 4.05. The van der Waals surface area contributed by atoms with Gasteiger partial charge < -0.3 is 14.6 Å². The number of imidazole rings is 1. The molecule has 1 N–H and O–H groups in total. The molecule has 6 nitrogen and oxygen atoms in total. The van der Waals surface area contributed by atoms with Gasteiger partial charge in [-0.2, -0.15) is 0 Å². The average Bonchev–Trinajstić information content (AvgIpc) is 3.13. The van der Waals surface area contributed by atoms with Crippen LogP contribution in [0.4, 0.5) is 0 Å². The zero-order chi connectivity index (χ0) is 22.9. The van der Waals surface area contributed by atoms with Gasteiger partial charge in [-0.25, -0.2) is 4.98 Å². The quantitative estimate of drug-likeness (QED) is 0.625. The molecule has 1 atom stereocenters. The van der Waals surface area contributed by atoms with Crippen molar-refractivity contribution in [3.05, 3.63) is 65.7 Å². The summed E-state index contributed by atoms with van der Waals surface area (Å²) in [6, 6.07) is 11.3. The number of carbonyl (C=O) groups is 2. The summed E-state index contributed by atoms with van der Waals surface area (Å²) < 4.78 is 1.74. The standard InChI is InChI=1S/C25H31N3O3/c1-16(2)28(17(3)4)24(30)21-8-7-20-12-22(10-9-19(20)11-21)25(31,13-18(5)29)23-14-27(6)15-26-23/h7-12,14-17,31H,13H2,1-6H3/t25-/m0/s1. The lowest BCUT2D eigenvalue weighted by Crippen LogP contribution is -2.42. The number of rotatable bonds is 7. The highest BCUT2D eigenvalue weighted by Crippen LogP contribution is 2.34. The second kappa shape index (κ2) is 8.63. The zero-order valence-corrected chi connectivity index (χ0v) is 19.1. The number of Topliss-reactive ketones (excluding diaryl/α,β-unsaturated/α-hetero) is 1. The van der Waals surface area contributed by atoms with Crippen LogP contribution < -0.4 is 0 Å². The number of fused-ring (bicyclic) bond motifs is 1. The Morgan fingerprint density at radius 1 is 1.06 bits per heavy atom. The molecule has 0 spiro atoms. The van der Waals surface area contributed by atoms with Gasteiger partial charge in [-0.05, 0) is 69.2 Å². The Balaban J connectivity index is 2.04. The van der Waals surface area contributed by atoms with Gasteiger partial charge >= 0.3 is 0 Å². The van der Waals surface area contributed by atoms with Gasteiger partial charge in [-0.3, -0.25) is 9.59 Å². The van der Waals surface area contributed by atoms with E-state index in [9.17, 15) is 14.7 Å². The molecular weight excluding hydrogens is 390 g/mol. The molecule has 2 aromatic carbocycles. The molecule has 1 heterocycles. The molecule has 1 amide bonds. The van der Waals surface area contributed by atoms with Crippen molar-refractivity contribution in [2.75, 3.05) is 0 Å². The first-order valence-electron chi connectivity index (χ1n) is 10.6. The summed E-state index contributed by atoms with van der Waals surface area (Å²) in [4.78, 5) is 31.1. The second-order valence-electron chi connectivity index (χ2n) is 8.84. The fourth-order valence-corrected chi connectivity index (χ4v) is 4.18. The molecule has 1 aromatic heterocycles. The lowest BCUT2D eigenvalue weighted by atomic mass is 9.85. The molecule has 0 unspecified atom stereocenters. The van der Waals surface area contributed by atoms with Gasteiger partial charge in [0.15, 0.2) is 0 Å². The van der Waals surface area contributed by atoms with E-state index in [0.717, 1.165) is 10.8 Å². The minimum atomic E-state index is -1.51. The monoisotopic (exact) mass is 421 g/mol. The van der Waals surface area contributed by atoms with E-state index in [1.807, 2.05) is 70.0 Å². The molecule has 3 rings (SSSR count). The molecule has 0 saturated heterocycles. The van der Waals surface area contributed by atoms with E-state index in [0.29, 0.717) is 16.8 Å². The summed E-state index contributed by atoms with van der Waals surface area (Å²) in [5, 5.41) is 13.3. The van der Waals surface area contributed by atoms with Crippen molar-refractivity contribution < 1.29 is 14.7 Å². The number of aliphatic hydroxyl groups is 1. The van der Waals surface area contributed by atoms with Crippen LogP contribution in [0.15, 0.2) is 48.9 Å². The number of benzene rings is 2. The maximum atomic E-state index is 13.0. The van der Waals surface area contributed by atoms with Crippen LogP contribution in [0.25, 0.3) is 10.8 Å². The van der Waals surface area contributed by atoms with Crippen molar-refractivity contribution in [2.24, 2.45) is 7.05 Å². The van der Waals surface area contributed by atoms with Gasteiger partial charge in [0.25, 0.3) is 5.91 Å². The van der Waals surface area contributed by atoms with Crippen molar-refractivity contribution in [3.8, 4) is 0 Å². The first-order chi connectivity index (χ1) is 14.5. The summed E-state index contributed by atoms with van der Waals surface area (Å²) in [6.45, 7) is 9.51. The minimum Gasteiger partial charge on any atom is -0.378 e. The smallest absolute Gasteiger partial charge is 0.254 e. The summed E-state index contributed by atoms with van der Waals surface area (Å²) >= 11 is 0. The number of carbonyl (C=O) groups excluding carboxylic acids is 2. The number of hydrogen-bond donors (Lipinski definition) is 1. The van der Waals surface area contributed by atoms with E-state index in [1.165, 1.54) is 6.92 Å². The van der Waals surface area contributed by atoms with E-state index in [1.54, 1.807) is 23.2 Å². The molecule has 0 fully saturated rings. The largest absolute Gasteiger partial charge is 0.378 e. The van der Waals surface area contributed by atoms with Crippen LogP contribution in [0.3, 0.4) is 0 Å². The molecule has 0 bridgehead atoms. The highest BCUT2D eigenvalue weighted by Gasteiger charge is 2.35. The van der Waals surface area contributed by atoms with E-state index in [4.69, 9.17) is 0 Å². The number of nitrogens with zero attached hydrogens (tertiary/aromatic N) is 3. The lowest BCUT2D eigenvalue weighted by molar-refractivity contribution is -0.121. The van der Waals surface area contributed by atoms with E-state index in [-0.39, 0.29) is 30.2 Å². The molecule has 164 valence electrons. The zero-order valence-electron chi connectivity index (χ0n) is 19.1. The van der Waals surface area contributed by atoms with Crippen molar-refractivity contribution in [2.45, 2.75) is 58.7 Å². The minimum absolute atomic E-state index is 0.00227. The normalized spacial score (nSPS) is 13.6. The molecule has 0 aliphatic rings. The lowest BCUT2D eigenvalue weighted by Gasteiger charge is -2.31. The number of ketones is 1. The molecule has 0 radical (unpaired) electrons. The summed E-state index contributed by atoms with van der Waals surface area (Å²) in [5.74, 6) is -0.130. The van der Waals surface area contributed by atoms with Crippen LogP contribution in [0.5, 0.6) is 0 Å². The Labute approximate surface area is 183 Å². The second-order valence-corrected chi connectivity index (χ2v) is 8.84. The van der Waals surface area contributed by atoms with Crippen LogP contribution in [-0.2, 0) is 17.4 Å². The number of aryl methyl sites for hydroxylation is 1. The van der Waals surface area contributed by atoms with Gasteiger partial charge in [-0.15, -0.1) is 0 Å². The molecule has 0 aliphatic heterocycles. The molecule has 6 heteroatoms. The molecular formula is C25H31N3O3. The fraction of sp³-hybridized carbons (Fsp3) is 0.400. The van der Waals surface area contributed by atoms with E-state index < -0.39 is 5.60 Å². The topological polar surface area (TPSA) is 75.4 Å². The summed E-state index contributed by atoms with van der Waals surface area (Å²) in [6.07, 6.45) is 3.26. The van der Waals surface area contributed by atoms with Crippen molar-refractivity contribution in [3.63, 3.8) is 0 Å². The summed E-state index contributed by atoms with van der Waals surface area (Å²) in [5.41, 5.74) is 0.146. The number of amides is 1. The number of aromatic nitrogens is 2. The highest BCUT2D eigenvalue weighted by atomic mass is 16.3. The predicted molar refractivity (Wildman–Crippen MR) is 122 cm³/mol. The maximum absolute atomic E-state index is 13.0. The number of hydrogen-bond acceptors (Lipinski definition) is 4. The van der Waals surface area contributed by atoms with Crippen LogP contribution in [0.1, 0.15) is 62.7 Å². The van der Waals surface area contributed by atoms with Gasteiger partial charge in [0.05, 0.1) is 12.0 Å². The van der Waals surface area contributed by atoms with E-state index in [2.05, 4.69) is 4.98 Å². The van der Waals surface area contributed by atoms with Gasteiger partial charge in [-0.1, -0.05) is 18.2 Å². The molecule has 31 heavy (non-hydrogen) atoms. The van der Waals surface area contributed by atoms with Crippen LogP contribution in [-0.4, -0.2) is 43.3 Å². The van der Waals surface area contributed by atoms with Crippen LogP contribution in [0.2, 0.25) is 0 Å². The van der Waals surface area contributed by atoms with Crippen molar-refractivity contribution >= 4 is 22.5 Å². The SMILES string of the molecule is CC(=O)C[C@](O)(c1ccc2cc(C(=O)N(C(C)C)C(C)C)ccc2c1)c1cn(C)cn1. The molecule has 3 aromatic rings. The Kier molecular flexibility index (Phi) is 6.32. The van der Waals surface area contributed by atoms with Gasteiger partial charge in [0.2, 0.25) is 0 Å². The third kappa shape index (κ3) is 4.54. The van der Waals surface area contributed by atoms with Gasteiger partial charge in [0.1, 0.15) is 11.4 Å². The van der Waals surface area contributed by atoms with Crippen LogP contribution in [0, 0.1) is 0 Å². The summed E-state index contributed by atoms with van der Waals surface area (Å²) in [7, 11) is 1.82. The third-order valence-electron chi connectivity index (χ3n) is 5.55. The fourth-order valence-electron chi connectivity index (χ4n) is 4.18. The van der Waals surface area contributed by atoms with Gasteiger partial charge in [0, 0.05) is 37.3 Å². The Morgan fingerprint density at radius 2 is 1.68 bits per heavy atom. The first-order valence-corrected chi connectivity index (χ1v) is 10.6. The molecule has 0 saturated carbocycles. The highest BCUT2D eigenvalue weighted by molar-refractivity contribution is 5.99. The Bertz CT molecular complexity index is 1110. The van der Waals surface area contributed by atoms with E-state index >= 15 is 0 Å². The molecule has 0 aliphatic carbocycles. The Hall–Kier alpha value is -2.99. The maximum Gasteiger partial charge on any atom is 0.254 e. The third-order valence-corrected chi connectivity index (χ3v) is 5.55. The van der Waals surface area contributed by atoms with Crippen molar-refractivity contribution in [1.82, 2.24) is 14.5 Å². The van der Waals surface area contributed by atoms with Crippen molar-refractivity contribution in [1.29, 1.82) is 0 Å². The first kappa shape index (κ1) is 22.7.